The summed E-state index contributed by atoms with van der Waals surface area (Å²) in [6.07, 6.45) is 0.973. The van der Waals surface area contributed by atoms with E-state index in [1.165, 1.54) is 24.8 Å². The first-order valence-corrected chi connectivity index (χ1v) is 8.41. The molecule has 2 aliphatic heterocycles. The average Bonchev–Trinajstić information content (AvgIpc) is 3.03. The number of nitrogens with zero attached hydrogens (tertiary/aromatic N) is 1. The van der Waals surface area contributed by atoms with Crippen LogP contribution in [0.3, 0.4) is 0 Å². The maximum atomic E-state index is 13.0. The molecule has 8 heteroatoms. The average molecular weight is 384 g/mol. The number of esters is 1. The zero-order chi connectivity index (χ0) is 18.4. The van der Waals surface area contributed by atoms with Gasteiger partial charge in [0.15, 0.2) is 5.60 Å². The van der Waals surface area contributed by atoms with Gasteiger partial charge in [-0.1, -0.05) is 23.2 Å². The van der Waals surface area contributed by atoms with Crippen molar-refractivity contribution in [1.82, 2.24) is 4.90 Å². The van der Waals surface area contributed by atoms with Crippen molar-refractivity contribution >= 4 is 40.9 Å². The maximum absolute atomic E-state index is 13.0. The molecule has 0 radical (unpaired) electrons. The Bertz CT molecular complexity index is 799. The van der Waals surface area contributed by atoms with Gasteiger partial charge in [0, 0.05) is 35.5 Å². The maximum Gasteiger partial charge on any atom is 0.308 e. The normalized spacial score (nSPS) is 23.3. The Morgan fingerprint density at radius 2 is 1.88 bits per heavy atom. The van der Waals surface area contributed by atoms with E-state index < -0.39 is 17.4 Å². The predicted molar refractivity (Wildman–Crippen MR) is 89.6 cm³/mol. The molecule has 0 spiro atoms. The zero-order valence-electron chi connectivity index (χ0n) is 13.6. The summed E-state index contributed by atoms with van der Waals surface area (Å²) in [5.41, 5.74) is -1.10. The molecule has 2 aliphatic rings. The largest absolute Gasteiger partial charge is 0.456 e. The molecule has 0 saturated carbocycles. The molecule has 1 fully saturated rings. The van der Waals surface area contributed by atoms with E-state index in [2.05, 4.69) is 0 Å². The summed E-state index contributed by atoms with van der Waals surface area (Å²) in [5.74, 6) is -1.76. The first-order chi connectivity index (χ1) is 11.7. The van der Waals surface area contributed by atoms with Gasteiger partial charge in [0.05, 0.1) is 0 Å². The third kappa shape index (κ3) is 3.12. The van der Waals surface area contributed by atoms with Crippen molar-refractivity contribution in [3.63, 3.8) is 0 Å². The van der Waals surface area contributed by atoms with Gasteiger partial charge in [0.25, 0.3) is 5.78 Å². The number of hydrogen-bond acceptors (Lipinski definition) is 5. The van der Waals surface area contributed by atoms with Crippen LogP contribution in [0.1, 0.15) is 32.3 Å². The summed E-state index contributed by atoms with van der Waals surface area (Å²) < 4.78 is 10.9. The molecule has 2 heterocycles. The SMILES string of the molecule is CC(=O)OC1=C(N2CCCC2=O)OC(C)(c2cc(Cl)cc(Cl)c2)C1=O. The van der Waals surface area contributed by atoms with Gasteiger partial charge < -0.3 is 9.47 Å². The third-order valence-corrected chi connectivity index (χ3v) is 4.55. The van der Waals surface area contributed by atoms with Crippen LogP contribution in [0.25, 0.3) is 0 Å². The molecule has 1 aromatic rings. The number of benzene rings is 1. The van der Waals surface area contributed by atoms with Gasteiger partial charge in [-0.25, -0.2) is 0 Å². The molecule has 0 bridgehead atoms. The van der Waals surface area contributed by atoms with Gasteiger partial charge >= 0.3 is 5.97 Å². The van der Waals surface area contributed by atoms with Crippen LogP contribution in [0.2, 0.25) is 10.0 Å². The molecule has 1 atom stereocenters. The van der Waals surface area contributed by atoms with E-state index in [0.717, 1.165) is 0 Å². The van der Waals surface area contributed by atoms with E-state index in [4.69, 9.17) is 32.7 Å². The number of Topliss-reactive ketones (excluding diaryl/α,β-unsaturated/α-hetero) is 1. The number of rotatable bonds is 3. The topological polar surface area (TPSA) is 72.9 Å². The smallest absolute Gasteiger partial charge is 0.308 e. The Morgan fingerprint density at radius 1 is 1.24 bits per heavy atom. The van der Waals surface area contributed by atoms with E-state index in [1.807, 2.05) is 0 Å². The van der Waals surface area contributed by atoms with Gasteiger partial charge in [-0.15, -0.1) is 0 Å². The number of carbonyl (C=O) groups is 3. The zero-order valence-corrected chi connectivity index (χ0v) is 15.1. The quantitative estimate of drug-likeness (QED) is 0.749. The number of ketones is 1. The van der Waals surface area contributed by atoms with Gasteiger partial charge in [-0.2, -0.15) is 0 Å². The fourth-order valence-electron chi connectivity index (χ4n) is 2.89. The lowest BCUT2D eigenvalue weighted by Gasteiger charge is -2.26. The molecule has 1 saturated heterocycles. The Hall–Kier alpha value is -2.05. The Kier molecular flexibility index (Phi) is 4.51. The number of likely N-dealkylation sites (tertiary alicyclic amines) is 1. The summed E-state index contributed by atoms with van der Waals surface area (Å²) in [7, 11) is 0. The van der Waals surface area contributed by atoms with Gasteiger partial charge in [0.2, 0.25) is 17.5 Å². The monoisotopic (exact) mass is 383 g/mol. The lowest BCUT2D eigenvalue weighted by atomic mass is 9.91. The molecule has 0 N–H and O–H groups in total. The minimum Gasteiger partial charge on any atom is -0.456 e. The molecular formula is C17H15Cl2NO5. The van der Waals surface area contributed by atoms with E-state index in [1.54, 1.807) is 12.1 Å². The summed E-state index contributed by atoms with van der Waals surface area (Å²) >= 11 is 12.1. The predicted octanol–water partition coefficient (Wildman–Crippen LogP) is 3.16. The number of hydrogen-bond donors (Lipinski definition) is 0. The fourth-order valence-corrected chi connectivity index (χ4v) is 3.42. The number of carbonyl (C=O) groups excluding carboxylic acids is 3. The highest BCUT2D eigenvalue weighted by molar-refractivity contribution is 6.34. The van der Waals surface area contributed by atoms with Crippen molar-refractivity contribution < 1.29 is 23.9 Å². The van der Waals surface area contributed by atoms with Crippen molar-refractivity contribution in [2.24, 2.45) is 0 Å². The first-order valence-electron chi connectivity index (χ1n) is 7.66. The molecule has 132 valence electrons. The highest BCUT2D eigenvalue weighted by atomic mass is 35.5. The van der Waals surface area contributed by atoms with Crippen molar-refractivity contribution in [1.29, 1.82) is 0 Å². The van der Waals surface area contributed by atoms with Crippen molar-refractivity contribution in [3.05, 3.63) is 45.5 Å². The highest BCUT2D eigenvalue weighted by Crippen LogP contribution is 2.42. The summed E-state index contributed by atoms with van der Waals surface area (Å²) in [5, 5.41) is 0.666. The van der Waals surface area contributed by atoms with E-state index in [-0.39, 0.29) is 17.5 Å². The Balaban J connectivity index is 2.07. The second-order valence-corrected chi connectivity index (χ2v) is 6.87. The number of ether oxygens (including phenoxy) is 2. The molecule has 0 aromatic heterocycles. The van der Waals surface area contributed by atoms with Crippen LogP contribution in [0.15, 0.2) is 29.8 Å². The Morgan fingerprint density at radius 3 is 2.40 bits per heavy atom. The molecular weight excluding hydrogens is 369 g/mol. The van der Waals surface area contributed by atoms with Crippen LogP contribution in [0, 0.1) is 0 Å². The van der Waals surface area contributed by atoms with Crippen LogP contribution >= 0.6 is 23.2 Å². The lowest BCUT2D eigenvalue weighted by molar-refractivity contribution is -0.142. The van der Waals surface area contributed by atoms with Crippen LogP contribution in [0.5, 0.6) is 0 Å². The fraction of sp³-hybridized carbons (Fsp3) is 0.353. The van der Waals surface area contributed by atoms with E-state index in [0.29, 0.717) is 35.0 Å². The lowest BCUT2D eigenvalue weighted by Crippen LogP contribution is -2.32. The minimum atomic E-state index is -1.50. The summed E-state index contributed by atoms with van der Waals surface area (Å²) in [6, 6.07) is 4.62. The van der Waals surface area contributed by atoms with Crippen molar-refractivity contribution in [3.8, 4) is 0 Å². The highest BCUT2D eigenvalue weighted by Gasteiger charge is 2.52. The van der Waals surface area contributed by atoms with Crippen LogP contribution in [-0.4, -0.2) is 29.1 Å². The standard InChI is InChI=1S/C17H15Cl2NO5/c1-9(21)24-14-15(23)17(2,10-6-11(18)8-12(19)7-10)25-16(14)20-5-3-4-13(20)22/h6-8H,3-5H2,1-2H3. The number of amides is 1. The summed E-state index contributed by atoms with van der Waals surface area (Å²) in [6.45, 7) is 3.09. The van der Waals surface area contributed by atoms with Gasteiger partial charge in [-0.05, 0) is 31.5 Å². The molecule has 1 unspecified atom stereocenters. The molecule has 1 aromatic carbocycles. The summed E-state index contributed by atoms with van der Waals surface area (Å²) in [4.78, 5) is 37.8. The van der Waals surface area contributed by atoms with Crippen LogP contribution < -0.4 is 0 Å². The third-order valence-electron chi connectivity index (χ3n) is 4.11. The molecule has 6 nitrogen and oxygen atoms in total. The van der Waals surface area contributed by atoms with Crippen LogP contribution in [-0.2, 0) is 29.5 Å². The molecule has 3 rings (SSSR count). The number of halogens is 2. The minimum absolute atomic E-state index is 0.0405. The second-order valence-electron chi connectivity index (χ2n) is 6.00. The van der Waals surface area contributed by atoms with Gasteiger partial charge in [0.1, 0.15) is 0 Å². The van der Waals surface area contributed by atoms with Crippen molar-refractivity contribution in [2.75, 3.05) is 6.54 Å². The molecule has 1 amide bonds. The van der Waals surface area contributed by atoms with Crippen LogP contribution in [0.4, 0.5) is 0 Å². The van der Waals surface area contributed by atoms with E-state index >= 15 is 0 Å². The van der Waals surface area contributed by atoms with E-state index in [9.17, 15) is 14.4 Å². The van der Waals surface area contributed by atoms with Gasteiger partial charge in [-0.3, -0.25) is 19.3 Å². The molecule has 25 heavy (non-hydrogen) atoms. The second kappa shape index (κ2) is 6.35. The first kappa shape index (κ1) is 17.8. The Labute approximate surface area is 154 Å². The molecule has 0 aliphatic carbocycles. The van der Waals surface area contributed by atoms with Crippen molar-refractivity contribution in [2.45, 2.75) is 32.3 Å².